The third-order valence-electron chi connectivity index (χ3n) is 7.15. The molecule has 0 aliphatic rings. The third-order valence-corrected chi connectivity index (χ3v) is 7.38. The first-order valence-electron chi connectivity index (χ1n) is 15.0. The van der Waals surface area contributed by atoms with Crippen LogP contribution in [0.4, 0.5) is 18.9 Å². The molecule has 47 heavy (non-hydrogen) atoms. The van der Waals surface area contributed by atoms with E-state index in [1.54, 1.807) is 42.5 Å². The molecule has 7 nitrogen and oxygen atoms in total. The Bertz CT molecular complexity index is 1650. The number of anilines is 1. The maximum atomic E-state index is 13.7. The summed E-state index contributed by atoms with van der Waals surface area (Å²) in [7, 11) is 0. The standard InChI is InChI=1S/C36H35ClF3N3O4/c1-23(2)19-30(42-33(44)29-21-27(37)15-18-32(29)47-22-25-11-7-4-8-12-25)35(46)43-31(20-24-9-5-3-6-10-24)34(45)41-28-16-13-26(14-17-28)36(38,39)40/h3-18,21,23,30-31H,19-20,22H2,1-2H3,(H,41,45)(H,42,44)(H,43,46)/t30-,31-/m0/s1. The van der Waals surface area contributed by atoms with Crippen molar-refractivity contribution in [3.8, 4) is 5.75 Å². The molecule has 2 atom stereocenters. The van der Waals surface area contributed by atoms with Gasteiger partial charge in [0.15, 0.2) is 0 Å². The van der Waals surface area contributed by atoms with Crippen molar-refractivity contribution >= 4 is 35.0 Å². The lowest BCUT2D eigenvalue weighted by Crippen LogP contribution is -2.53. The van der Waals surface area contributed by atoms with Crippen LogP contribution in [0.5, 0.6) is 5.75 Å². The van der Waals surface area contributed by atoms with Gasteiger partial charge in [-0.25, -0.2) is 0 Å². The number of benzene rings is 4. The van der Waals surface area contributed by atoms with Crippen LogP contribution < -0.4 is 20.7 Å². The molecule has 4 rings (SSSR count). The third kappa shape index (κ3) is 10.6. The summed E-state index contributed by atoms with van der Waals surface area (Å²) in [6.07, 6.45) is -4.19. The highest BCUT2D eigenvalue weighted by molar-refractivity contribution is 6.31. The van der Waals surface area contributed by atoms with Crippen molar-refractivity contribution in [1.29, 1.82) is 0 Å². The summed E-state index contributed by atoms with van der Waals surface area (Å²) in [6, 6.07) is 24.8. The molecule has 0 bridgehead atoms. The van der Waals surface area contributed by atoms with Gasteiger partial charge < -0.3 is 20.7 Å². The van der Waals surface area contributed by atoms with Gasteiger partial charge in [-0.1, -0.05) is 86.1 Å². The van der Waals surface area contributed by atoms with Crippen molar-refractivity contribution in [3.05, 3.63) is 130 Å². The van der Waals surface area contributed by atoms with E-state index < -0.39 is 41.5 Å². The summed E-state index contributed by atoms with van der Waals surface area (Å²) in [5.41, 5.74) is 1.04. The number of hydrogen-bond acceptors (Lipinski definition) is 4. The molecule has 0 fully saturated rings. The molecule has 0 aliphatic heterocycles. The smallest absolute Gasteiger partial charge is 0.416 e. The van der Waals surface area contributed by atoms with E-state index in [4.69, 9.17) is 16.3 Å². The maximum Gasteiger partial charge on any atom is 0.416 e. The van der Waals surface area contributed by atoms with Crippen molar-refractivity contribution in [3.63, 3.8) is 0 Å². The van der Waals surface area contributed by atoms with E-state index in [1.165, 1.54) is 6.07 Å². The Morgan fingerprint density at radius 3 is 1.98 bits per heavy atom. The van der Waals surface area contributed by atoms with Crippen molar-refractivity contribution in [2.45, 2.75) is 51.6 Å². The second kappa shape index (κ2) is 16.1. The van der Waals surface area contributed by atoms with Crippen LogP contribution in [0.25, 0.3) is 0 Å². The summed E-state index contributed by atoms with van der Waals surface area (Å²) in [5.74, 6) is -1.58. The van der Waals surface area contributed by atoms with E-state index in [1.807, 2.05) is 44.2 Å². The topological polar surface area (TPSA) is 96.5 Å². The molecule has 11 heteroatoms. The monoisotopic (exact) mass is 665 g/mol. The lowest BCUT2D eigenvalue weighted by molar-refractivity contribution is -0.137. The Labute approximate surface area is 276 Å². The molecule has 0 saturated heterocycles. The van der Waals surface area contributed by atoms with Gasteiger partial charge in [-0.15, -0.1) is 0 Å². The predicted octanol–water partition coefficient (Wildman–Crippen LogP) is 7.45. The Morgan fingerprint density at radius 1 is 0.766 bits per heavy atom. The summed E-state index contributed by atoms with van der Waals surface area (Å²) in [5, 5.41) is 8.43. The second-order valence-electron chi connectivity index (χ2n) is 11.4. The number of alkyl halides is 3. The molecule has 0 heterocycles. The van der Waals surface area contributed by atoms with Gasteiger partial charge in [0.1, 0.15) is 24.4 Å². The summed E-state index contributed by atoms with van der Waals surface area (Å²) in [6.45, 7) is 3.98. The average molecular weight is 666 g/mol. The van der Waals surface area contributed by atoms with Gasteiger partial charge in [0.25, 0.3) is 5.91 Å². The largest absolute Gasteiger partial charge is 0.488 e. The number of carbonyl (C=O) groups excluding carboxylic acids is 3. The number of amides is 3. The number of nitrogens with one attached hydrogen (secondary N) is 3. The van der Waals surface area contributed by atoms with Crippen LogP contribution in [0.15, 0.2) is 103 Å². The summed E-state index contributed by atoms with van der Waals surface area (Å²) >= 11 is 6.22. The minimum absolute atomic E-state index is 0.0206. The number of carbonyl (C=O) groups is 3. The highest BCUT2D eigenvalue weighted by atomic mass is 35.5. The zero-order valence-corrected chi connectivity index (χ0v) is 26.6. The van der Waals surface area contributed by atoms with E-state index in [0.29, 0.717) is 5.02 Å². The number of rotatable bonds is 13. The van der Waals surface area contributed by atoms with Crippen LogP contribution in [-0.2, 0) is 28.8 Å². The highest BCUT2D eigenvalue weighted by Crippen LogP contribution is 2.30. The molecule has 0 aromatic heterocycles. The van der Waals surface area contributed by atoms with Crippen LogP contribution in [0.2, 0.25) is 5.02 Å². The quantitative estimate of drug-likeness (QED) is 0.138. The molecule has 0 spiro atoms. The van der Waals surface area contributed by atoms with Gasteiger partial charge in [0.05, 0.1) is 11.1 Å². The van der Waals surface area contributed by atoms with Crippen molar-refractivity contribution in [1.82, 2.24) is 10.6 Å². The molecule has 3 amide bonds. The van der Waals surface area contributed by atoms with E-state index in [9.17, 15) is 27.6 Å². The molecule has 0 unspecified atom stereocenters. The van der Waals surface area contributed by atoms with Crippen molar-refractivity contribution < 1.29 is 32.3 Å². The van der Waals surface area contributed by atoms with E-state index in [-0.39, 0.29) is 42.4 Å². The first kappa shape index (κ1) is 35.0. The van der Waals surface area contributed by atoms with Crippen LogP contribution >= 0.6 is 11.6 Å². The van der Waals surface area contributed by atoms with Gasteiger partial charge in [-0.2, -0.15) is 13.2 Å². The lowest BCUT2D eigenvalue weighted by atomic mass is 10.0. The summed E-state index contributed by atoms with van der Waals surface area (Å²) < 4.78 is 45.0. The number of halogens is 4. The van der Waals surface area contributed by atoms with Crippen LogP contribution in [0, 0.1) is 5.92 Å². The minimum Gasteiger partial charge on any atom is -0.488 e. The first-order chi connectivity index (χ1) is 22.4. The fourth-order valence-electron chi connectivity index (χ4n) is 4.78. The number of hydrogen-bond donors (Lipinski definition) is 3. The molecule has 3 N–H and O–H groups in total. The van der Waals surface area contributed by atoms with Crippen molar-refractivity contribution in [2.75, 3.05) is 5.32 Å². The molecule has 246 valence electrons. The van der Waals surface area contributed by atoms with E-state index in [0.717, 1.165) is 35.4 Å². The Kier molecular flexibility index (Phi) is 12.0. The minimum atomic E-state index is -4.53. The van der Waals surface area contributed by atoms with E-state index >= 15 is 0 Å². The van der Waals surface area contributed by atoms with Crippen LogP contribution in [0.3, 0.4) is 0 Å². The normalized spacial score (nSPS) is 12.6. The Hall–Kier alpha value is -4.83. The van der Waals surface area contributed by atoms with Gasteiger partial charge in [0.2, 0.25) is 11.8 Å². The highest BCUT2D eigenvalue weighted by Gasteiger charge is 2.31. The predicted molar refractivity (Wildman–Crippen MR) is 175 cm³/mol. The lowest BCUT2D eigenvalue weighted by Gasteiger charge is -2.25. The number of ether oxygens (including phenoxy) is 1. The van der Waals surface area contributed by atoms with Gasteiger partial charge in [-0.05, 0) is 65.9 Å². The fraction of sp³-hybridized carbons (Fsp3) is 0.250. The Morgan fingerprint density at radius 2 is 1.38 bits per heavy atom. The zero-order valence-electron chi connectivity index (χ0n) is 25.8. The van der Waals surface area contributed by atoms with Crippen LogP contribution in [-0.4, -0.2) is 29.8 Å². The van der Waals surface area contributed by atoms with Crippen LogP contribution in [0.1, 0.15) is 47.3 Å². The first-order valence-corrected chi connectivity index (χ1v) is 15.4. The van der Waals surface area contributed by atoms with Gasteiger partial charge in [0, 0.05) is 17.1 Å². The second-order valence-corrected chi connectivity index (χ2v) is 11.8. The zero-order chi connectivity index (χ0) is 34.0. The van der Waals surface area contributed by atoms with Crippen molar-refractivity contribution in [2.24, 2.45) is 5.92 Å². The average Bonchev–Trinajstić information content (AvgIpc) is 3.04. The fourth-order valence-corrected chi connectivity index (χ4v) is 4.96. The molecule has 0 radical (unpaired) electrons. The SMILES string of the molecule is CC(C)C[C@H](NC(=O)c1cc(Cl)ccc1OCc1ccccc1)C(=O)N[C@@H](Cc1ccccc1)C(=O)Nc1ccc(C(F)(F)F)cc1. The Balaban J connectivity index is 1.53. The molecule has 4 aromatic rings. The maximum absolute atomic E-state index is 13.7. The molecule has 4 aromatic carbocycles. The molecular weight excluding hydrogens is 631 g/mol. The molecular formula is C36H35ClF3N3O4. The van der Waals surface area contributed by atoms with E-state index in [2.05, 4.69) is 16.0 Å². The summed E-state index contributed by atoms with van der Waals surface area (Å²) in [4.78, 5) is 40.7. The van der Waals surface area contributed by atoms with Gasteiger partial charge >= 0.3 is 6.18 Å². The molecule has 0 aliphatic carbocycles. The molecule has 0 saturated carbocycles. The van der Waals surface area contributed by atoms with Gasteiger partial charge in [-0.3, -0.25) is 14.4 Å².